The van der Waals surface area contributed by atoms with E-state index in [2.05, 4.69) is 25.7 Å². The largest absolute Gasteiger partial charge is 0.302 e. The van der Waals surface area contributed by atoms with Crippen LogP contribution in [0.15, 0.2) is 0 Å². The Hall–Kier alpha value is 0.250. The van der Waals surface area contributed by atoms with Crippen LogP contribution in [-0.2, 0) is 0 Å². The van der Waals surface area contributed by atoms with Crippen molar-refractivity contribution in [1.29, 1.82) is 0 Å². The van der Waals surface area contributed by atoms with Crippen molar-refractivity contribution in [2.24, 2.45) is 40.4 Å². The summed E-state index contributed by atoms with van der Waals surface area (Å²) >= 11 is 6.93. The molecule has 5 saturated carbocycles. The van der Waals surface area contributed by atoms with Crippen molar-refractivity contribution < 1.29 is 0 Å². The first kappa shape index (κ1) is 16.4. The van der Waals surface area contributed by atoms with E-state index in [1.165, 1.54) is 71.0 Å². The molecule has 1 aliphatic heterocycles. The van der Waals surface area contributed by atoms with E-state index in [9.17, 15) is 0 Å². The number of hydrogen-bond acceptors (Lipinski definition) is 1. The highest BCUT2D eigenvalue weighted by molar-refractivity contribution is 6.24. The molecule has 0 aromatic rings. The summed E-state index contributed by atoms with van der Waals surface area (Å²) in [6.07, 6.45) is 11.4. The molecule has 0 aromatic heterocycles. The zero-order valence-corrected chi connectivity index (χ0v) is 16.7. The van der Waals surface area contributed by atoms with Crippen LogP contribution in [0.25, 0.3) is 0 Å². The molecular weight excluding hydrogens is 314 g/mol. The molecule has 0 amide bonds. The highest BCUT2D eigenvalue weighted by atomic mass is 35.5. The van der Waals surface area contributed by atoms with Crippen LogP contribution in [0.4, 0.5) is 0 Å². The van der Waals surface area contributed by atoms with Gasteiger partial charge in [0.2, 0.25) is 0 Å². The number of likely N-dealkylation sites (tertiary alicyclic amines) is 1. The number of hydrogen-bond donors (Lipinski definition) is 0. The van der Waals surface area contributed by atoms with Crippen LogP contribution < -0.4 is 0 Å². The summed E-state index contributed by atoms with van der Waals surface area (Å²) in [6, 6.07) is 0. The van der Waals surface area contributed by atoms with Crippen LogP contribution in [0.5, 0.6) is 0 Å². The summed E-state index contributed by atoms with van der Waals surface area (Å²) in [5.41, 5.74) is 1.11. The lowest BCUT2D eigenvalue weighted by atomic mass is 9.51. The second-order valence-corrected chi connectivity index (χ2v) is 12.1. The first-order chi connectivity index (χ1) is 11.3. The molecule has 0 radical (unpaired) electrons. The lowest BCUT2D eigenvalue weighted by molar-refractivity contribution is -0.0465. The average Bonchev–Trinajstić information content (AvgIpc) is 2.61. The molecule has 0 N–H and O–H groups in total. The summed E-state index contributed by atoms with van der Waals surface area (Å²) in [6.45, 7) is 11.7. The van der Waals surface area contributed by atoms with E-state index in [0.29, 0.717) is 10.8 Å². The number of nitrogens with zero attached hydrogens (tertiary/aromatic N) is 1. The number of rotatable bonds is 3. The van der Waals surface area contributed by atoms with Gasteiger partial charge in [0.05, 0.1) is 0 Å². The molecule has 5 aliphatic carbocycles. The lowest BCUT2D eigenvalue weighted by Gasteiger charge is -2.58. The molecular formula is C22H36ClN. The van der Waals surface area contributed by atoms with Gasteiger partial charge in [0, 0.05) is 18.0 Å². The van der Waals surface area contributed by atoms with Crippen LogP contribution in [-0.4, -0.2) is 29.4 Å². The standard InChI is InChI=1S/C22H36ClN/c1-20(2)18-4-6-21(20,3)14-24(13-18)7-5-19-16-8-15-9-17(19)12-22(23,10-15)11-16/h15-19H,4-14H2,1-3H3/t15?,16?,17?,18-,19?,21+,22?/m0/s1. The number of fused-ring (bicyclic) bond motifs is 2. The monoisotopic (exact) mass is 349 g/mol. The fourth-order valence-corrected chi connectivity index (χ4v) is 8.76. The van der Waals surface area contributed by atoms with Crippen LogP contribution in [0.3, 0.4) is 0 Å². The summed E-state index contributed by atoms with van der Waals surface area (Å²) in [7, 11) is 0. The molecule has 1 heterocycles. The molecule has 6 fully saturated rings. The molecule has 24 heavy (non-hydrogen) atoms. The summed E-state index contributed by atoms with van der Waals surface area (Å²) < 4.78 is 0. The minimum atomic E-state index is 0.217. The Morgan fingerprint density at radius 1 is 1.04 bits per heavy atom. The van der Waals surface area contributed by atoms with E-state index < -0.39 is 0 Å². The van der Waals surface area contributed by atoms with E-state index in [-0.39, 0.29) is 4.87 Å². The van der Waals surface area contributed by atoms with Crippen LogP contribution in [0.2, 0.25) is 0 Å². The highest BCUT2D eigenvalue weighted by Crippen LogP contribution is 2.62. The van der Waals surface area contributed by atoms with Crippen molar-refractivity contribution in [1.82, 2.24) is 4.90 Å². The maximum absolute atomic E-state index is 6.93. The molecule has 0 aromatic carbocycles. The molecule has 6 bridgehead atoms. The molecule has 2 heteroatoms. The summed E-state index contributed by atoms with van der Waals surface area (Å²) in [5.74, 6) is 4.82. The van der Waals surface area contributed by atoms with Gasteiger partial charge in [0.1, 0.15) is 0 Å². The second kappa shape index (κ2) is 5.16. The SMILES string of the molecule is CC1(C)[C@H]2CC[C@]1(C)CN(CCC1C3CC4CC1CC(Cl)(C4)C3)C2. The van der Waals surface area contributed by atoms with Gasteiger partial charge in [-0.1, -0.05) is 20.8 Å². The Labute approximate surface area is 153 Å². The number of halogens is 1. The first-order valence-corrected chi connectivity index (χ1v) is 11.1. The van der Waals surface area contributed by atoms with Gasteiger partial charge in [-0.15, -0.1) is 11.6 Å². The quantitative estimate of drug-likeness (QED) is 0.602. The smallest absolute Gasteiger partial charge is 0.0455 e. The minimum absolute atomic E-state index is 0.217. The lowest BCUT2D eigenvalue weighted by Crippen LogP contribution is -2.54. The maximum atomic E-state index is 6.93. The van der Waals surface area contributed by atoms with Gasteiger partial charge in [-0.2, -0.15) is 0 Å². The van der Waals surface area contributed by atoms with Gasteiger partial charge < -0.3 is 4.90 Å². The van der Waals surface area contributed by atoms with Gasteiger partial charge in [-0.25, -0.2) is 0 Å². The predicted octanol–water partition coefficient (Wildman–Crippen LogP) is 5.57. The van der Waals surface area contributed by atoms with Crippen molar-refractivity contribution in [2.45, 2.75) is 77.0 Å². The van der Waals surface area contributed by atoms with Gasteiger partial charge in [0.25, 0.3) is 0 Å². The number of alkyl halides is 1. The highest BCUT2D eigenvalue weighted by Gasteiger charge is 2.56. The Morgan fingerprint density at radius 2 is 1.75 bits per heavy atom. The van der Waals surface area contributed by atoms with E-state index in [0.717, 1.165) is 29.6 Å². The van der Waals surface area contributed by atoms with Crippen molar-refractivity contribution >= 4 is 11.6 Å². The molecule has 1 saturated heterocycles. The summed E-state index contributed by atoms with van der Waals surface area (Å²) in [5, 5.41) is 0. The Kier molecular flexibility index (Phi) is 3.53. The normalized spacial score (nSPS) is 55.2. The van der Waals surface area contributed by atoms with Crippen molar-refractivity contribution in [3.8, 4) is 0 Å². The van der Waals surface area contributed by atoms with E-state index >= 15 is 0 Å². The van der Waals surface area contributed by atoms with E-state index in [1.807, 2.05) is 0 Å². The van der Waals surface area contributed by atoms with Gasteiger partial charge in [-0.05, 0) is 98.3 Å². The predicted molar refractivity (Wildman–Crippen MR) is 101 cm³/mol. The van der Waals surface area contributed by atoms with Crippen LogP contribution in [0, 0.1) is 40.4 Å². The fraction of sp³-hybridized carbons (Fsp3) is 1.00. The third kappa shape index (κ3) is 2.29. The average molecular weight is 350 g/mol. The molecule has 6 aliphatic rings. The van der Waals surface area contributed by atoms with E-state index in [4.69, 9.17) is 11.6 Å². The minimum Gasteiger partial charge on any atom is -0.302 e. The molecule has 1 nitrogen and oxygen atoms in total. The summed E-state index contributed by atoms with van der Waals surface area (Å²) in [4.78, 5) is 3.07. The first-order valence-electron chi connectivity index (χ1n) is 10.7. The number of piperidine rings is 1. The Morgan fingerprint density at radius 3 is 2.38 bits per heavy atom. The molecule has 6 rings (SSSR count). The third-order valence-electron chi connectivity index (χ3n) is 9.84. The van der Waals surface area contributed by atoms with Gasteiger partial charge in [-0.3, -0.25) is 0 Å². The van der Waals surface area contributed by atoms with Crippen LogP contribution in [0.1, 0.15) is 72.1 Å². The molecule has 2 unspecified atom stereocenters. The van der Waals surface area contributed by atoms with Crippen molar-refractivity contribution in [3.05, 3.63) is 0 Å². The van der Waals surface area contributed by atoms with E-state index in [1.54, 1.807) is 0 Å². The van der Waals surface area contributed by atoms with Crippen molar-refractivity contribution in [2.75, 3.05) is 19.6 Å². The van der Waals surface area contributed by atoms with Crippen LogP contribution >= 0.6 is 11.6 Å². The molecule has 4 atom stereocenters. The van der Waals surface area contributed by atoms with Crippen molar-refractivity contribution in [3.63, 3.8) is 0 Å². The van der Waals surface area contributed by atoms with Gasteiger partial charge >= 0.3 is 0 Å². The molecule has 0 spiro atoms. The zero-order valence-electron chi connectivity index (χ0n) is 16.0. The third-order valence-corrected chi connectivity index (χ3v) is 10.3. The maximum Gasteiger partial charge on any atom is 0.0455 e. The fourth-order valence-electron chi connectivity index (χ4n) is 8.14. The van der Waals surface area contributed by atoms with Gasteiger partial charge in [0.15, 0.2) is 0 Å². The zero-order chi connectivity index (χ0) is 16.7. The Bertz CT molecular complexity index is 512. The second-order valence-electron chi connectivity index (χ2n) is 11.3. The molecule has 136 valence electrons. The topological polar surface area (TPSA) is 3.24 Å². The Balaban J connectivity index is 1.24.